The van der Waals surface area contributed by atoms with Crippen molar-refractivity contribution in [1.29, 1.82) is 0 Å². The third-order valence-corrected chi connectivity index (χ3v) is 5.07. The number of thiophene rings is 1. The van der Waals surface area contributed by atoms with Gasteiger partial charge >= 0.3 is 5.97 Å². The molecule has 21 heavy (non-hydrogen) atoms. The first-order chi connectivity index (χ1) is 9.54. The molecule has 1 heterocycles. The Kier molecular flexibility index (Phi) is 5.81. The molecule has 0 fully saturated rings. The van der Waals surface area contributed by atoms with Crippen LogP contribution in [-0.4, -0.2) is 26.7 Å². The van der Waals surface area contributed by atoms with Gasteiger partial charge in [0, 0.05) is 4.88 Å². The van der Waals surface area contributed by atoms with Crippen molar-refractivity contribution >= 4 is 32.3 Å². The average Bonchev–Trinajstić information content (AvgIpc) is 2.67. The van der Waals surface area contributed by atoms with Crippen molar-refractivity contribution in [2.45, 2.75) is 41.0 Å². The van der Waals surface area contributed by atoms with Crippen LogP contribution >= 0.6 is 11.3 Å². The lowest BCUT2D eigenvalue weighted by Gasteiger charge is -2.18. The van der Waals surface area contributed by atoms with Gasteiger partial charge in [-0.05, 0) is 31.7 Å². The standard InChI is InChI=1S/C14H23NO4S2/c1-6-19-13(16)11-9-10(2)20-12(11)15-21(17,18)8-7-14(3,4)5/h9,15H,6-8H2,1-5H3. The van der Waals surface area contributed by atoms with E-state index in [-0.39, 0.29) is 23.3 Å². The molecule has 0 saturated carbocycles. The molecule has 0 aliphatic heterocycles. The van der Waals surface area contributed by atoms with Crippen molar-refractivity contribution in [2.24, 2.45) is 5.41 Å². The van der Waals surface area contributed by atoms with Gasteiger partial charge in [0.25, 0.3) is 0 Å². The quantitative estimate of drug-likeness (QED) is 0.810. The lowest BCUT2D eigenvalue weighted by molar-refractivity contribution is 0.0528. The Morgan fingerprint density at radius 3 is 2.52 bits per heavy atom. The zero-order valence-corrected chi connectivity index (χ0v) is 14.8. The number of carbonyl (C=O) groups excluding carboxylic acids is 1. The fourth-order valence-electron chi connectivity index (χ4n) is 1.58. The zero-order valence-electron chi connectivity index (χ0n) is 13.1. The minimum Gasteiger partial charge on any atom is -0.462 e. The Morgan fingerprint density at radius 2 is 2.00 bits per heavy atom. The maximum Gasteiger partial charge on any atom is 0.341 e. The van der Waals surface area contributed by atoms with Crippen LogP contribution in [0.25, 0.3) is 0 Å². The van der Waals surface area contributed by atoms with Crippen molar-refractivity contribution < 1.29 is 17.9 Å². The molecule has 0 aliphatic carbocycles. The smallest absolute Gasteiger partial charge is 0.341 e. The van der Waals surface area contributed by atoms with Gasteiger partial charge in [-0.25, -0.2) is 13.2 Å². The average molecular weight is 333 g/mol. The molecule has 1 N–H and O–H groups in total. The Balaban J connectivity index is 2.89. The summed E-state index contributed by atoms with van der Waals surface area (Å²) in [6.07, 6.45) is 0.543. The summed E-state index contributed by atoms with van der Waals surface area (Å²) in [6, 6.07) is 1.64. The minimum atomic E-state index is -3.47. The molecule has 0 amide bonds. The fraction of sp³-hybridized carbons (Fsp3) is 0.643. The van der Waals surface area contributed by atoms with E-state index < -0.39 is 16.0 Å². The number of aryl methyl sites for hydroxylation is 1. The molecule has 1 rings (SSSR count). The molecule has 0 spiro atoms. The summed E-state index contributed by atoms with van der Waals surface area (Å²) < 4.78 is 31.7. The third-order valence-electron chi connectivity index (χ3n) is 2.72. The molecule has 0 radical (unpaired) electrons. The van der Waals surface area contributed by atoms with E-state index in [0.717, 1.165) is 4.88 Å². The highest BCUT2D eigenvalue weighted by molar-refractivity contribution is 7.92. The van der Waals surface area contributed by atoms with Gasteiger partial charge in [-0.3, -0.25) is 4.72 Å². The molecule has 5 nitrogen and oxygen atoms in total. The van der Waals surface area contributed by atoms with Crippen molar-refractivity contribution in [3.05, 3.63) is 16.5 Å². The first-order valence-corrected chi connectivity index (χ1v) is 9.29. The van der Waals surface area contributed by atoms with Gasteiger partial charge in [0.2, 0.25) is 10.0 Å². The highest BCUT2D eigenvalue weighted by Gasteiger charge is 2.22. The number of hydrogen-bond acceptors (Lipinski definition) is 5. The summed E-state index contributed by atoms with van der Waals surface area (Å²) >= 11 is 1.24. The van der Waals surface area contributed by atoms with Crippen molar-refractivity contribution in [1.82, 2.24) is 0 Å². The second-order valence-corrected chi connectivity index (χ2v) is 9.15. The van der Waals surface area contributed by atoms with Crippen LogP contribution < -0.4 is 4.72 Å². The first kappa shape index (κ1) is 18.0. The Hall–Kier alpha value is -1.08. The molecule has 0 bridgehead atoms. The molecule has 120 valence electrons. The van der Waals surface area contributed by atoms with Crippen LogP contribution in [0, 0.1) is 12.3 Å². The Bertz CT molecular complexity index is 597. The van der Waals surface area contributed by atoms with E-state index in [1.165, 1.54) is 11.3 Å². The Labute approximate surface area is 130 Å². The number of carbonyl (C=O) groups is 1. The summed E-state index contributed by atoms with van der Waals surface area (Å²) in [5.41, 5.74) is 0.211. The predicted octanol–water partition coefficient (Wildman–Crippen LogP) is 3.41. The summed E-state index contributed by atoms with van der Waals surface area (Å²) in [5, 5.41) is 0.333. The van der Waals surface area contributed by atoms with Crippen LogP contribution in [0.1, 0.15) is 49.4 Å². The molecular weight excluding hydrogens is 310 g/mol. The molecule has 7 heteroatoms. The molecule has 1 aromatic rings. The van der Waals surface area contributed by atoms with E-state index in [4.69, 9.17) is 4.74 Å². The molecule has 0 saturated heterocycles. The summed E-state index contributed by atoms with van der Waals surface area (Å²) in [7, 11) is -3.47. The van der Waals surface area contributed by atoms with Crippen molar-refractivity contribution in [3.8, 4) is 0 Å². The zero-order chi connectivity index (χ0) is 16.3. The molecule has 0 unspecified atom stereocenters. The van der Waals surface area contributed by atoms with Crippen molar-refractivity contribution in [3.63, 3.8) is 0 Å². The van der Waals surface area contributed by atoms with Crippen LogP contribution in [0.2, 0.25) is 0 Å². The number of esters is 1. The summed E-state index contributed by atoms with van der Waals surface area (Å²) in [5.74, 6) is -0.481. The second kappa shape index (κ2) is 6.79. The van der Waals surface area contributed by atoms with Gasteiger partial charge in [0.05, 0.1) is 17.9 Å². The SMILES string of the molecule is CCOC(=O)c1cc(C)sc1NS(=O)(=O)CCC(C)(C)C. The number of anilines is 1. The van der Waals surface area contributed by atoms with E-state index >= 15 is 0 Å². The van der Waals surface area contributed by atoms with Gasteiger partial charge in [-0.1, -0.05) is 20.8 Å². The van der Waals surface area contributed by atoms with Crippen LogP contribution in [0.15, 0.2) is 6.07 Å². The van der Waals surface area contributed by atoms with E-state index in [0.29, 0.717) is 11.4 Å². The van der Waals surface area contributed by atoms with Gasteiger partial charge in [0.15, 0.2) is 0 Å². The van der Waals surface area contributed by atoms with E-state index in [1.54, 1.807) is 13.0 Å². The fourth-order valence-corrected chi connectivity index (χ4v) is 4.26. The van der Waals surface area contributed by atoms with E-state index in [2.05, 4.69) is 4.72 Å². The summed E-state index contributed by atoms with van der Waals surface area (Å²) in [6.45, 7) is 9.75. The molecule has 0 aromatic carbocycles. The topological polar surface area (TPSA) is 72.5 Å². The largest absolute Gasteiger partial charge is 0.462 e. The monoisotopic (exact) mass is 333 g/mol. The molecular formula is C14H23NO4S2. The molecule has 0 aliphatic rings. The lowest BCUT2D eigenvalue weighted by Crippen LogP contribution is -2.21. The van der Waals surface area contributed by atoms with Gasteiger partial charge in [-0.15, -0.1) is 11.3 Å². The van der Waals surface area contributed by atoms with Crippen LogP contribution in [-0.2, 0) is 14.8 Å². The second-order valence-electron chi connectivity index (χ2n) is 6.05. The summed E-state index contributed by atoms with van der Waals surface area (Å²) in [4.78, 5) is 12.7. The van der Waals surface area contributed by atoms with Gasteiger partial charge in [0.1, 0.15) is 5.00 Å². The predicted molar refractivity (Wildman–Crippen MR) is 86.5 cm³/mol. The van der Waals surface area contributed by atoms with Crippen molar-refractivity contribution in [2.75, 3.05) is 17.1 Å². The van der Waals surface area contributed by atoms with E-state index in [9.17, 15) is 13.2 Å². The molecule has 0 atom stereocenters. The number of hydrogen-bond donors (Lipinski definition) is 1. The van der Waals surface area contributed by atoms with Crippen LogP contribution in [0.5, 0.6) is 0 Å². The maximum atomic E-state index is 12.1. The highest BCUT2D eigenvalue weighted by Crippen LogP contribution is 2.30. The van der Waals surface area contributed by atoms with Gasteiger partial charge < -0.3 is 4.74 Å². The number of ether oxygens (including phenoxy) is 1. The molecule has 1 aromatic heterocycles. The third kappa shape index (κ3) is 6.05. The first-order valence-electron chi connectivity index (χ1n) is 6.82. The van der Waals surface area contributed by atoms with E-state index in [1.807, 2.05) is 27.7 Å². The lowest BCUT2D eigenvalue weighted by atomic mass is 9.94. The number of nitrogens with one attached hydrogen (secondary N) is 1. The van der Waals surface area contributed by atoms with Gasteiger partial charge in [-0.2, -0.15) is 0 Å². The highest BCUT2D eigenvalue weighted by atomic mass is 32.2. The number of rotatable bonds is 6. The normalized spacial score (nSPS) is 12.2. The van der Waals surface area contributed by atoms with Crippen LogP contribution in [0.3, 0.4) is 0 Å². The number of sulfonamides is 1. The Morgan fingerprint density at radius 1 is 1.38 bits per heavy atom. The minimum absolute atomic E-state index is 0.0235. The van der Waals surface area contributed by atoms with Crippen LogP contribution in [0.4, 0.5) is 5.00 Å². The maximum absolute atomic E-state index is 12.1.